The lowest BCUT2D eigenvalue weighted by Gasteiger charge is -2.34. The molecule has 3 aromatic carbocycles. The van der Waals surface area contributed by atoms with Crippen molar-refractivity contribution in [1.29, 1.82) is 0 Å². The van der Waals surface area contributed by atoms with Crippen LogP contribution >= 0.6 is 39.3 Å². The number of rotatable bonds is 9. The number of halogens is 2. The van der Waals surface area contributed by atoms with E-state index in [-0.39, 0.29) is 17.6 Å². The van der Waals surface area contributed by atoms with Crippen LogP contribution in [0.1, 0.15) is 31.9 Å². The van der Waals surface area contributed by atoms with Gasteiger partial charge in [0.2, 0.25) is 11.8 Å². The van der Waals surface area contributed by atoms with Gasteiger partial charge in [0.05, 0.1) is 5.75 Å². The van der Waals surface area contributed by atoms with Crippen LogP contribution in [0.15, 0.2) is 88.2 Å². The van der Waals surface area contributed by atoms with Gasteiger partial charge in [0.15, 0.2) is 0 Å². The van der Waals surface area contributed by atoms with E-state index < -0.39 is 11.6 Å². The molecule has 1 N–H and O–H groups in total. The van der Waals surface area contributed by atoms with Gasteiger partial charge in [-0.05, 0) is 68.3 Å². The van der Waals surface area contributed by atoms with Crippen LogP contribution in [0.4, 0.5) is 0 Å². The second-order valence-corrected chi connectivity index (χ2v) is 11.7. The number of hydrogen-bond acceptors (Lipinski definition) is 3. The first kappa shape index (κ1) is 27.3. The summed E-state index contributed by atoms with van der Waals surface area (Å²) in [7, 11) is 0. The minimum atomic E-state index is -0.658. The quantitative estimate of drug-likeness (QED) is 0.288. The van der Waals surface area contributed by atoms with Crippen LogP contribution in [0.2, 0.25) is 5.02 Å². The molecule has 0 aromatic heterocycles. The maximum Gasteiger partial charge on any atom is 0.243 e. The molecule has 7 heteroatoms. The topological polar surface area (TPSA) is 49.4 Å². The molecule has 0 saturated carbocycles. The second-order valence-electron chi connectivity index (χ2n) is 9.34. The lowest BCUT2D eigenvalue weighted by Crippen LogP contribution is -2.54. The van der Waals surface area contributed by atoms with Gasteiger partial charge < -0.3 is 10.2 Å². The number of nitrogens with one attached hydrogen (secondary N) is 1. The van der Waals surface area contributed by atoms with Crippen molar-refractivity contribution < 1.29 is 9.59 Å². The van der Waals surface area contributed by atoms with Crippen molar-refractivity contribution in [2.75, 3.05) is 5.75 Å². The van der Waals surface area contributed by atoms with Gasteiger partial charge in [0.1, 0.15) is 6.04 Å². The van der Waals surface area contributed by atoms with Gasteiger partial charge in [-0.2, -0.15) is 0 Å². The standard InChI is InChI=1S/C28H30BrClN2O2S/c1-28(2,3)31-27(34)25(17-20-8-5-4-6-9-20)32(18-21-10-7-11-22(29)16-21)26(33)19-35-24-14-12-23(30)13-15-24/h4-16,25H,17-19H2,1-3H3,(H,31,34)/t25-/m1/s1. The van der Waals surface area contributed by atoms with E-state index in [1.54, 1.807) is 4.90 Å². The van der Waals surface area contributed by atoms with E-state index in [1.807, 2.05) is 99.6 Å². The largest absolute Gasteiger partial charge is 0.350 e. The molecule has 0 spiro atoms. The molecule has 3 aromatic rings. The normalized spacial score (nSPS) is 12.1. The molecule has 184 valence electrons. The first-order valence-corrected chi connectivity index (χ1v) is 13.5. The zero-order chi connectivity index (χ0) is 25.4. The Kier molecular flexibility index (Phi) is 9.84. The van der Waals surface area contributed by atoms with Crippen molar-refractivity contribution in [3.8, 4) is 0 Å². The molecule has 35 heavy (non-hydrogen) atoms. The summed E-state index contributed by atoms with van der Waals surface area (Å²) in [4.78, 5) is 29.9. The maximum atomic E-state index is 13.7. The van der Waals surface area contributed by atoms with Crippen molar-refractivity contribution >= 4 is 51.1 Å². The van der Waals surface area contributed by atoms with Crippen LogP contribution in [-0.2, 0) is 22.6 Å². The van der Waals surface area contributed by atoms with E-state index in [2.05, 4.69) is 21.2 Å². The van der Waals surface area contributed by atoms with Gasteiger partial charge in [-0.1, -0.05) is 70.0 Å². The Balaban J connectivity index is 1.92. The zero-order valence-electron chi connectivity index (χ0n) is 20.1. The van der Waals surface area contributed by atoms with E-state index in [0.717, 1.165) is 20.5 Å². The highest BCUT2D eigenvalue weighted by atomic mass is 79.9. The monoisotopic (exact) mass is 572 g/mol. The third kappa shape index (κ3) is 9.02. The van der Waals surface area contributed by atoms with Gasteiger partial charge in [-0.3, -0.25) is 9.59 Å². The van der Waals surface area contributed by atoms with Gasteiger partial charge in [0.25, 0.3) is 0 Å². The lowest BCUT2D eigenvalue weighted by atomic mass is 10.0. The Morgan fingerprint density at radius 3 is 2.26 bits per heavy atom. The fourth-order valence-corrected chi connectivity index (χ4v) is 4.95. The molecular formula is C28H30BrClN2O2S. The van der Waals surface area contributed by atoms with Gasteiger partial charge in [-0.25, -0.2) is 0 Å². The number of thioether (sulfide) groups is 1. The van der Waals surface area contributed by atoms with Crippen LogP contribution < -0.4 is 5.32 Å². The maximum absolute atomic E-state index is 13.7. The summed E-state index contributed by atoms with van der Waals surface area (Å²) in [6.45, 7) is 6.17. The zero-order valence-corrected chi connectivity index (χ0v) is 23.3. The summed E-state index contributed by atoms with van der Waals surface area (Å²) in [5, 5.41) is 3.74. The number of carbonyl (C=O) groups is 2. The molecule has 0 aliphatic heterocycles. The van der Waals surface area contributed by atoms with Gasteiger partial charge in [0, 0.05) is 32.9 Å². The summed E-state index contributed by atoms with van der Waals surface area (Å²) < 4.78 is 0.927. The number of amides is 2. The third-order valence-electron chi connectivity index (χ3n) is 5.19. The molecule has 0 fully saturated rings. The Labute approximate surface area is 225 Å². The van der Waals surface area contributed by atoms with Crippen LogP contribution in [0.5, 0.6) is 0 Å². The number of benzene rings is 3. The summed E-state index contributed by atoms with van der Waals surface area (Å²) in [5.41, 5.74) is 1.53. The summed E-state index contributed by atoms with van der Waals surface area (Å²) >= 11 is 11.0. The molecule has 4 nitrogen and oxygen atoms in total. The number of nitrogens with zero attached hydrogens (tertiary/aromatic N) is 1. The smallest absolute Gasteiger partial charge is 0.243 e. The summed E-state index contributed by atoms with van der Waals surface area (Å²) in [5.74, 6) is -0.0555. The van der Waals surface area contributed by atoms with E-state index in [1.165, 1.54) is 11.8 Å². The van der Waals surface area contributed by atoms with Crippen molar-refractivity contribution in [3.63, 3.8) is 0 Å². The predicted octanol–water partition coefficient (Wildman–Crippen LogP) is 6.75. The first-order valence-electron chi connectivity index (χ1n) is 11.4. The van der Waals surface area contributed by atoms with Crippen LogP contribution in [0.25, 0.3) is 0 Å². The molecular weight excluding hydrogens is 544 g/mol. The molecule has 0 bridgehead atoms. The highest BCUT2D eigenvalue weighted by Gasteiger charge is 2.32. The van der Waals surface area contributed by atoms with E-state index in [4.69, 9.17) is 11.6 Å². The number of hydrogen-bond donors (Lipinski definition) is 1. The molecule has 3 rings (SSSR count). The highest BCUT2D eigenvalue weighted by Crippen LogP contribution is 2.23. The Morgan fingerprint density at radius 1 is 0.971 bits per heavy atom. The number of carbonyl (C=O) groups excluding carboxylic acids is 2. The Morgan fingerprint density at radius 2 is 1.63 bits per heavy atom. The van der Waals surface area contributed by atoms with Crippen molar-refractivity contribution in [2.45, 2.75) is 50.2 Å². The van der Waals surface area contributed by atoms with E-state index in [9.17, 15) is 9.59 Å². The Hall–Kier alpha value is -2.28. The van der Waals surface area contributed by atoms with Crippen LogP contribution in [-0.4, -0.2) is 34.0 Å². The molecule has 0 unspecified atom stereocenters. The minimum absolute atomic E-state index is 0.102. The first-order chi connectivity index (χ1) is 16.6. The molecule has 0 saturated heterocycles. The molecule has 0 heterocycles. The predicted molar refractivity (Wildman–Crippen MR) is 149 cm³/mol. The SMILES string of the molecule is CC(C)(C)NC(=O)[C@@H](Cc1ccccc1)N(Cc1cccc(Br)c1)C(=O)CSc1ccc(Cl)cc1. The molecule has 2 amide bonds. The van der Waals surface area contributed by atoms with E-state index in [0.29, 0.717) is 18.0 Å². The fraction of sp³-hybridized carbons (Fsp3) is 0.286. The average molecular weight is 574 g/mol. The van der Waals surface area contributed by atoms with Crippen molar-refractivity contribution in [2.24, 2.45) is 0 Å². The van der Waals surface area contributed by atoms with E-state index >= 15 is 0 Å². The second kappa shape index (κ2) is 12.6. The van der Waals surface area contributed by atoms with Crippen LogP contribution in [0.3, 0.4) is 0 Å². The molecule has 0 aliphatic rings. The lowest BCUT2D eigenvalue weighted by molar-refractivity contribution is -0.140. The fourth-order valence-electron chi connectivity index (χ4n) is 3.60. The third-order valence-corrected chi connectivity index (χ3v) is 6.93. The molecule has 0 aliphatic carbocycles. The van der Waals surface area contributed by atoms with Gasteiger partial charge >= 0.3 is 0 Å². The minimum Gasteiger partial charge on any atom is -0.350 e. The van der Waals surface area contributed by atoms with Crippen molar-refractivity contribution in [3.05, 3.63) is 99.5 Å². The Bertz CT molecular complexity index is 1130. The van der Waals surface area contributed by atoms with Crippen LogP contribution in [0, 0.1) is 0 Å². The highest BCUT2D eigenvalue weighted by molar-refractivity contribution is 9.10. The summed E-state index contributed by atoms with van der Waals surface area (Å²) in [6, 6.07) is 24.4. The van der Waals surface area contributed by atoms with Gasteiger partial charge in [-0.15, -0.1) is 11.8 Å². The summed E-state index contributed by atoms with van der Waals surface area (Å²) in [6.07, 6.45) is 0.425. The van der Waals surface area contributed by atoms with Crippen molar-refractivity contribution in [1.82, 2.24) is 10.2 Å². The average Bonchev–Trinajstić information content (AvgIpc) is 2.80. The molecule has 1 atom stereocenters. The molecule has 0 radical (unpaired) electrons.